The molecule has 3 aromatic carbocycles. The largest absolute Gasteiger partial charge is 0.489 e. The average molecular weight is 338 g/mol. The van der Waals surface area contributed by atoms with E-state index in [-0.39, 0.29) is 21.8 Å². The van der Waals surface area contributed by atoms with Crippen molar-refractivity contribution in [3.63, 3.8) is 0 Å². The van der Waals surface area contributed by atoms with E-state index < -0.39 is 41.8 Å². The molecule has 8 heteroatoms. The van der Waals surface area contributed by atoms with Gasteiger partial charge in [0.2, 0.25) is 5.82 Å². The fraction of sp³-hybridized carbons (Fsp3) is 0. The summed E-state index contributed by atoms with van der Waals surface area (Å²) in [5.41, 5.74) is -1.28. The van der Waals surface area contributed by atoms with E-state index in [2.05, 4.69) is 0 Å². The second-order valence-corrected chi connectivity index (χ2v) is 5.07. The monoisotopic (exact) mass is 338 g/mol. The second-order valence-electron chi connectivity index (χ2n) is 5.07. The molecule has 0 saturated carbocycles. The zero-order valence-electron chi connectivity index (χ0n) is 11.8. The molecular formula is C16H8BF5O2. The lowest BCUT2D eigenvalue weighted by Gasteiger charge is -2.13. The van der Waals surface area contributed by atoms with E-state index in [0.717, 1.165) is 0 Å². The van der Waals surface area contributed by atoms with Gasteiger partial charge in [0.25, 0.3) is 0 Å². The van der Waals surface area contributed by atoms with Gasteiger partial charge in [0.1, 0.15) is 0 Å². The molecule has 2 nitrogen and oxygen atoms in total. The van der Waals surface area contributed by atoms with Gasteiger partial charge in [-0.2, -0.15) is 0 Å². The first-order chi connectivity index (χ1) is 11.3. The van der Waals surface area contributed by atoms with Gasteiger partial charge in [-0.05, 0) is 21.8 Å². The Morgan fingerprint density at radius 1 is 0.625 bits per heavy atom. The molecule has 0 atom stereocenters. The maximum Gasteiger partial charge on any atom is 0.489 e. The number of halogens is 5. The van der Waals surface area contributed by atoms with Gasteiger partial charge in [-0.3, -0.25) is 0 Å². The minimum Gasteiger partial charge on any atom is -0.423 e. The first-order valence-corrected chi connectivity index (χ1v) is 6.74. The van der Waals surface area contributed by atoms with Crippen LogP contribution in [-0.4, -0.2) is 17.2 Å². The number of hydrogen-bond acceptors (Lipinski definition) is 2. The smallest absolute Gasteiger partial charge is 0.423 e. The Bertz CT molecular complexity index is 930. The molecule has 0 unspecified atom stereocenters. The summed E-state index contributed by atoms with van der Waals surface area (Å²) in [6, 6.07) is 8.09. The molecule has 0 amide bonds. The van der Waals surface area contributed by atoms with Crippen LogP contribution in [-0.2, 0) is 0 Å². The molecule has 0 fully saturated rings. The Kier molecular flexibility index (Phi) is 4.02. The van der Waals surface area contributed by atoms with Crippen molar-refractivity contribution < 1.29 is 32.0 Å². The van der Waals surface area contributed by atoms with Crippen LogP contribution in [0.2, 0.25) is 0 Å². The quantitative estimate of drug-likeness (QED) is 0.327. The van der Waals surface area contributed by atoms with E-state index in [4.69, 9.17) is 0 Å². The van der Waals surface area contributed by atoms with Gasteiger partial charge in [0.05, 0.1) is 5.56 Å². The summed E-state index contributed by atoms with van der Waals surface area (Å²) < 4.78 is 68.2. The summed E-state index contributed by atoms with van der Waals surface area (Å²) in [6.07, 6.45) is 0. The van der Waals surface area contributed by atoms with Crippen LogP contribution in [0.4, 0.5) is 22.0 Å². The Hall–Kier alpha value is -2.45. The van der Waals surface area contributed by atoms with Crippen molar-refractivity contribution in [3.8, 4) is 11.1 Å². The summed E-state index contributed by atoms with van der Waals surface area (Å²) in [5.74, 6) is -10.2. The molecular weight excluding hydrogens is 330 g/mol. The lowest BCUT2D eigenvalue weighted by Crippen LogP contribution is -2.30. The van der Waals surface area contributed by atoms with Gasteiger partial charge >= 0.3 is 7.12 Å². The maximum atomic E-state index is 14.1. The molecule has 0 saturated heterocycles. The Labute approximate surface area is 132 Å². The highest BCUT2D eigenvalue weighted by Crippen LogP contribution is 2.35. The van der Waals surface area contributed by atoms with Crippen LogP contribution >= 0.6 is 0 Å². The Balaban J connectivity index is 2.43. The first kappa shape index (κ1) is 16.4. The summed E-state index contributed by atoms with van der Waals surface area (Å²) in [4.78, 5) is 0. The molecule has 0 bridgehead atoms. The summed E-state index contributed by atoms with van der Waals surface area (Å²) in [7, 11) is -1.86. The molecule has 0 heterocycles. The van der Waals surface area contributed by atoms with Crippen molar-refractivity contribution >= 4 is 23.4 Å². The van der Waals surface area contributed by atoms with Crippen molar-refractivity contribution in [2.45, 2.75) is 0 Å². The highest BCUT2D eigenvalue weighted by molar-refractivity contribution is 6.62. The first-order valence-electron chi connectivity index (χ1n) is 6.74. The number of fused-ring (bicyclic) bond motifs is 1. The topological polar surface area (TPSA) is 40.5 Å². The number of hydrogen-bond donors (Lipinski definition) is 2. The second kappa shape index (κ2) is 5.88. The molecule has 0 spiro atoms. The highest BCUT2D eigenvalue weighted by atomic mass is 19.2. The van der Waals surface area contributed by atoms with Gasteiger partial charge in [-0.1, -0.05) is 36.4 Å². The van der Waals surface area contributed by atoms with E-state index >= 15 is 0 Å². The molecule has 2 N–H and O–H groups in total. The van der Waals surface area contributed by atoms with Gasteiger partial charge in [0.15, 0.2) is 23.3 Å². The molecule has 0 radical (unpaired) electrons. The molecule has 3 rings (SSSR count). The van der Waals surface area contributed by atoms with Crippen LogP contribution in [0.1, 0.15) is 0 Å². The van der Waals surface area contributed by atoms with Gasteiger partial charge in [-0.25, -0.2) is 22.0 Å². The fourth-order valence-corrected chi connectivity index (χ4v) is 2.62. The lowest BCUT2D eigenvalue weighted by atomic mass is 9.76. The van der Waals surface area contributed by atoms with E-state index in [1.54, 1.807) is 0 Å². The van der Waals surface area contributed by atoms with E-state index in [1.165, 1.54) is 36.4 Å². The third-order valence-corrected chi connectivity index (χ3v) is 3.71. The maximum absolute atomic E-state index is 14.1. The van der Waals surface area contributed by atoms with Crippen LogP contribution in [0.3, 0.4) is 0 Å². The van der Waals surface area contributed by atoms with Crippen molar-refractivity contribution in [3.05, 3.63) is 65.5 Å². The number of benzene rings is 3. The lowest BCUT2D eigenvalue weighted by molar-refractivity contribution is 0.381. The van der Waals surface area contributed by atoms with Crippen molar-refractivity contribution in [2.24, 2.45) is 0 Å². The minimum absolute atomic E-state index is 0.0400. The van der Waals surface area contributed by atoms with Crippen LogP contribution in [0.5, 0.6) is 0 Å². The Morgan fingerprint density at radius 3 is 1.71 bits per heavy atom. The third-order valence-electron chi connectivity index (χ3n) is 3.71. The highest BCUT2D eigenvalue weighted by Gasteiger charge is 2.27. The Morgan fingerprint density at radius 2 is 1.12 bits per heavy atom. The standard InChI is InChI=1S/C16H8BF5O2/c18-12-11(13(19)15(21)16(22)14(12)20)9-5-1-4-8-7(9)3-2-6-10(8)17(23)24/h1-6,23-24H. The van der Waals surface area contributed by atoms with Crippen LogP contribution in [0.25, 0.3) is 21.9 Å². The predicted molar refractivity (Wildman–Crippen MR) is 79.0 cm³/mol. The third kappa shape index (κ3) is 2.35. The summed E-state index contributed by atoms with van der Waals surface area (Å²) >= 11 is 0. The van der Waals surface area contributed by atoms with Crippen LogP contribution < -0.4 is 5.46 Å². The van der Waals surface area contributed by atoms with E-state index in [9.17, 15) is 32.0 Å². The van der Waals surface area contributed by atoms with Gasteiger partial charge in [0, 0.05) is 0 Å². The summed E-state index contributed by atoms with van der Waals surface area (Å²) in [5, 5.41) is 19.0. The van der Waals surface area contributed by atoms with Gasteiger partial charge in [-0.15, -0.1) is 0 Å². The van der Waals surface area contributed by atoms with Crippen molar-refractivity contribution in [2.75, 3.05) is 0 Å². The molecule has 0 aliphatic carbocycles. The van der Waals surface area contributed by atoms with Crippen LogP contribution in [0.15, 0.2) is 36.4 Å². The molecule has 122 valence electrons. The molecule has 0 aliphatic rings. The fourth-order valence-electron chi connectivity index (χ4n) is 2.62. The molecule has 0 aliphatic heterocycles. The summed E-state index contributed by atoms with van der Waals surface area (Å²) in [6.45, 7) is 0. The number of rotatable bonds is 2. The molecule has 0 aromatic heterocycles. The van der Waals surface area contributed by atoms with E-state index in [0.29, 0.717) is 0 Å². The van der Waals surface area contributed by atoms with E-state index in [1.807, 2.05) is 0 Å². The van der Waals surface area contributed by atoms with Crippen LogP contribution in [0, 0.1) is 29.1 Å². The molecule has 3 aromatic rings. The zero-order chi connectivity index (χ0) is 17.6. The molecule has 24 heavy (non-hydrogen) atoms. The minimum atomic E-state index is -2.24. The predicted octanol–water partition coefficient (Wildman–Crippen LogP) is 2.88. The average Bonchev–Trinajstić information content (AvgIpc) is 2.58. The van der Waals surface area contributed by atoms with Crippen molar-refractivity contribution in [1.29, 1.82) is 0 Å². The van der Waals surface area contributed by atoms with Crippen molar-refractivity contribution in [1.82, 2.24) is 0 Å². The normalized spacial score (nSPS) is 11.1. The van der Waals surface area contributed by atoms with Gasteiger partial charge < -0.3 is 10.0 Å². The SMILES string of the molecule is OB(O)c1cccc2c(-c3c(F)c(F)c(F)c(F)c3F)cccc12. The zero-order valence-corrected chi connectivity index (χ0v) is 11.8.